The van der Waals surface area contributed by atoms with Crippen molar-refractivity contribution in [3.05, 3.63) is 0 Å². The molecule has 0 atom stereocenters. The fourth-order valence-corrected chi connectivity index (χ4v) is 1.63. The van der Waals surface area contributed by atoms with E-state index in [1.165, 1.54) is 0 Å². The fraction of sp³-hybridized carbons (Fsp3) is 0.909. The van der Waals surface area contributed by atoms with E-state index in [2.05, 4.69) is 5.32 Å². The number of carbonyl (C=O) groups excluding carboxylic acids is 1. The van der Waals surface area contributed by atoms with Gasteiger partial charge in [0.1, 0.15) is 5.60 Å². The van der Waals surface area contributed by atoms with E-state index in [0.29, 0.717) is 19.2 Å². The lowest BCUT2D eigenvalue weighted by molar-refractivity contribution is -0.105. The quantitative estimate of drug-likeness (QED) is 0.751. The van der Waals surface area contributed by atoms with Crippen LogP contribution in [0.3, 0.4) is 0 Å². The summed E-state index contributed by atoms with van der Waals surface area (Å²) in [6.45, 7) is 8.80. The molecule has 2 aliphatic heterocycles. The Hall–Kier alpha value is -0.810. The van der Waals surface area contributed by atoms with Crippen LogP contribution >= 0.6 is 0 Å². The van der Waals surface area contributed by atoms with Gasteiger partial charge < -0.3 is 19.7 Å². The van der Waals surface area contributed by atoms with Crippen LogP contribution < -0.4 is 5.32 Å². The zero-order valence-corrected chi connectivity index (χ0v) is 10.2. The molecule has 2 fully saturated rings. The Balaban J connectivity index is 1.65. The molecule has 2 saturated heterocycles. The Morgan fingerprint density at radius 1 is 1.25 bits per heavy atom. The predicted molar refractivity (Wildman–Crippen MR) is 59.3 cm³/mol. The Morgan fingerprint density at radius 3 is 2.31 bits per heavy atom. The summed E-state index contributed by atoms with van der Waals surface area (Å²) >= 11 is 0. The Morgan fingerprint density at radius 2 is 1.88 bits per heavy atom. The largest absolute Gasteiger partial charge is 0.444 e. The number of ether oxygens (including phenoxy) is 2. The third-order valence-corrected chi connectivity index (χ3v) is 2.63. The average Bonchev–Trinajstić information content (AvgIpc) is 1.93. The summed E-state index contributed by atoms with van der Waals surface area (Å²) in [6, 6.07) is 0. The van der Waals surface area contributed by atoms with Crippen LogP contribution in [0, 0.1) is 0 Å². The molecule has 16 heavy (non-hydrogen) atoms. The van der Waals surface area contributed by atoms with Gasteiger partial charge in [-0.2, -0.15) is 0 Å². The third-order valence-electron chi connectivity index (χ3n) is 2.63. The van der Waals surface area contributed by atoms with Gasteiger partial charge in [-0.1, -0.05) is 0 Å². The first kappa shape index (κ1) is 11.7. The molecule has 2 aliphatic rings. The van der Waals surface area contributed by atoms with Gasteiger partial charge in [0.05, 0.1) is 25.3 Å². The Kier molecular flexibility index (Phi) is 3.08. The van der Waals surface area contributed by atoms with Gasteiger partial charge in [-0.3, -0.25) is 0 Å². The maximum atomic E-state index is 11.6. The minimum absolute atomic E-state index is 0.194. The molecular formula is C11H20N2O3. The van der Waals surface area contributed by atoms with Gasteiger partial charge in [0, 0.05) is 13.1 Å². The Bertz CT molecular complexity index is 265. The number of nitrogens with one attached hydrogen (secondary N) is 1. The van der Waals surface area contributed by atoms with Gasteiger partial charge in [-0.05, 0) is 20.8 Å². The summed E-state index contributed by atoms with van der Waals surface area (Å²) in [5, 5.41) is 3.15. The first-order valence-electron chi connectivity index (χ1n) is 5.78. The maximum absolute atomic E-state index is 11.6. The lowest BCUT2D eigenvalue weighted by Crippen LogP contribution is -2.60. The molecule has 0 unspecified atom stereocenters. The zero-order chi connectivity index (χ0) is 11.8. The van der Waals surface area contributed by atoms with Gasteiger partial charge >= 0.3 is 6.09 Å². The molecule has 0 spiro atoms. The van der Waals surface area contributed by atoms with Gasteiger partial charge in [0.25, 0.3) is 0 Å². The van der Waals surface area contributed by atoms with Gasteiger partial charge in [-0.15, -0.1) is 0 Å². The summed E-state index contributed by atoms with van der Waals surface area (Å²) in [6.07, 6.45) is 0.296. The molecule has 5 nitrogen and oxygen atoms in total. The molecule has 0 aromatic rings. The molecule has 0 saturated carbocycles. The molecule has 1 N–H and O–H groups in total. The number of rotatable bonds is 2. The van der Waals surface area contributed by atoms with Gasteiger partial charge in [0.2, 0.25) is 0 Å². The maximum Gasteiger partial charge on any atom is 0.410 e. The summed E-state index contributed by atoms with van der Waals surface area (Å²) in [5.74, 6) is 0. The second kappa shape index (κ2) is 4.22. The second-order valence-corrected chi connectivity index (χ2v) is 5.42. The molecular weight excluding hydrogens is 208 g/mol. The lowest BCUT2D eigenvalue weighted by atomic mass is 10.1. The Labute approximate surface area is 96.1 Å². The van der Waals surface area contributed by atoms with E-state index in [1.54, 1.807) is 4.90 Å². The van der Waals surface area contributed by atoms with E-state index >= 15 is 0 Å². The van der Waals surface area contributed by atoms with Crippen LogP contribution in [0.2, 0.25) is 0 Å². The molecule has 0 bridgehead atoms. The van der Waals surface area contributed by atoms with E-state index in [0.717, 1.165) is 13.1 Å². The van der Waals surface area contributed by atoms with Gasteiger partial charge in [-0.25, -0.2) is 4.79 Å². The van der Waals surface area contributed by atoms with Crippen molar-refractivity contribution in [1.29, 1.82) is 0 Å². The minimum atomic E-state index is -0.416. The standard InChI is InChI=1S/C11H20N2O3/c1-11(2,3)16-10(14)13-6-9(7-13)15-8-4-12-5-8/h8-9,12H,4-7H2,1-3H3. The summed E-state index contributed by atoms with van der Waals surface area (Å²) in [5.41, 5.74) is -0.416. The van der Waals surface area contributed by atoms with Crippen molar-refractivity contribution in [3.63, 3.8) is 0 Å². The van der Waals surface area contributed by atoms with Crippen molar-refractivity contribution in [1.82, 2.24) is 10.2 Å². The highest BCUT2D eigenvalue weighted by Gasteiger charge is 2.36. The molecule has 0 aromatic heterocycles. The minimum Gasteiger partial charge on any atom is -0.444 e. The highest BCUT2D eigenvalue weighted by atomic mass is 16.6. The van der Waals surface area contributed by atoms with Crippen molar-refractivity contribution in [2.75, 3.05) is 26.2 Å². The number of hydrogen-bond donors (Lipinski definition) is 1. The number of hydrogen-bond acceptors (Lipinski definition) is 4. The van der Waals surface area contributed by atoms with Crippen LogP contribution in [0.15, 0.2) is 0 Å². The summed E-state index contributed by atoms with van der Waals surface area (Å²) in [7, 11) is 0. The van der Waals surface area contributed by atoms with Crippen molar-refractivity contribution < 1.29 is 14.3 Å². The molecule has 5 heteroatoms. The van der Waals surface area contributed by atoms with Crippen molar-refractivity contribution in [2.45, 2.75) is 38.6 Å². The predicted octanol–water partition coefficient (Wildman–Crippen LogP) is 0.594. The number of nitrogens with zero attached hydrogens (tertiary/aromatic N) is 1. The SMILES string of the molecule is CC(C)(C)OC(=O)N1CC(OC2CNC2)C1. The normalized spacial score (nSPS) is 22.6. The molecule has 2 heterocycles. The molecule has 92 valence electrons. The van der Waals surface area contributed by atoms with Crippen LogP contribution in [0.1, 0.15) is 20.8 Å². The second-order valence-electron chi connectivity index (χ2n) is 5.42. The number of amides is 1. The van der Waals surface area contributed by atoms with Crippen LogP contribution in [0.25, 0.3) is 0 Å². The van der Waals surface area contributed by atoms with Crippen LogP contribution in [0.5, 0.6) is 0 Å². The average molecular weight is 228 g/mol. The van der Waals surface area contributed by atoms with Gasteiger partial charge in [0.15, 0.2) is 0 Å². The van der Waals surface area contributed by atoms with Crippen LogP contribution in [0.4, 0.5) is 4.79 Å². The van der Waals surface area contributed by atoms with E-state index in [9.17, 15) is 4.79 Å². The topological polar surface area (TPSA) is 50.8 Å². The number of likely N-dealkylation sites (tertiary alicyclic amines) is 1. The van der Waals surface area contributed by atoms with E-state index < -0.39 is 5.60 Å². The van der Waals surface area contributed by atoms with Crippen molar-refractivity contribution >= 4 is 6.09 Å². The molecule has 0 aliphatic carbocycles. The van der Waals surface area contributed by atoms with Crippen molar-refractivity contribution in [3.8, 4) is 0 Å². The van der Waals surface area contributed by atoms with E-state index in [-0.39, 0.29) is 12.2 Å². The third kappa shape index (κ3) is 2.86. The highest BCUT2D eigenvalue weighted by Crippen LogP contribution is 2.18. The monoisotopic (exact) mass is 228 g/mol. The van der Waals surface area contributed by atoms with E-state index in [4.69, 9.17) is 9.47 Å². The molecule has 1 amide bonds. The van der Waals surface area contributed by atoms with Crippen molar-refractivity contribution in [2.24, 2.45) is 0 Å². The first-order chi connectivity index (χ1) is 7.44. The zero-order valence-electron chi connectivity index (χ0n) is 10.2. The first-order valence-corrected chi connectivity index (χ1v) is 5.78. The van der Waals surface area contributed by atoms with Crippen LogP contribution in [-0.4, -0.2) is 55.0 Å². The fourth-order valence-electron chi connectivity index (χ4n) is 1.63. The molecule has 0 aromatic carbocycles. The lowest BCUT2D eigenvalue weighted by Gasteiger charge is -2.42. The molecule has 2 rings (SSSR count). The smallest absolute Gasteiger partial charge is 0.410 e. The number of carbonyl (C=O) groups is 1. The highest BCUT2D eigenvalue weighted by molar-refractivity contribution is 5.69. The molecule has 0 radical (unpaired) electrons. The summed E-state index contributed by atoms with van der Waals surface area (Å²) < 4.78 is 11.0. The van der Waals surface area contributed by atoms with E-state index in [1.807, 2.05) is 20.8 Å². The summed E-state index contributed by atoms with van der Waals surface area (Å²) in [4.78, 5) is 13.3. The van der Waals surface area contributed by atoms with Crippen LogP contribution in [-0.2, 0) is 9.47 Å².